The third kappa shape index (κ3) is 4.01. The fourth-order valence-corrected chi connectivity index (χ4v) is 3.73. The molecule has 0 bridgehead atoms. The molecule has 2 aliphatic rings. The fourth-order valence-electron chi connectivity index (χ4n) is 3.73. The summed E-state index contributed by atoms with van der Waals surface area (Å²) in [5.74, 6) is 1.03. The van der Waals surface area contributed by atoms with Crippen LogP contribution in [-0.4, -0.2) is 40.5 Å². The molecule has 2 atom stereocenters. The van der Waals surface area contributed by atoms with Gasteiger partial charge in [-0.3, -0.25) is 4.79 Å². The SMILES string of the molecule is COC(=O)[C@H]1CC[C@@H](c2ccc(OC)c(B3OCC(C)(C)CO3)c2)C1. The molecule has 25 heavy (non-hydrogen) atoms. The molecule has 0 radical (unpaired) electrons. The van der Waals surface area contributed by atoms with Crippen LogP contribution in [0, 0.1) is 11.3 Å². The first kappa shape index (κ1) is 18.3. The van der Waals surface area contributed by atoms with Crippen LogP contribution in [0.5, 0.6) is 5.75 Å². The molecule has 0 amide bonds. The quantitative estimate of drug-likeness (QED) is 0.619. The Morgan fingerprint density at radius 1 is 1.20 bits per heavy atom. The van der Waals surface area contributed by atoms with Crippen LogP contribution in [0.2, 0.25) is 0 Å². The lowest BCUT2D eigenvalue weighted by molar-refractivity contribution is -0.145. The van der Waals surface area contributed by atoms with Crippen LogP contribution in [0.1, 0.15) is 44.6 Å². The summed E-state index contributed by atoms with van der Waals surface area (Å²) in [6.07, 6.45) is 2.70. The first-order valence-electron chi connectivity index (χ1n) is 8.92. The van der Waals surface area contributed by atoms with Gasteiger partial charge in [0.05, 0.1) is 20.1 Å². The fraction of sp³-hybridized carbons (Fsp3) is 0.632. The van der Waals surface area contributed by atoms with E-state index in [0.29, 0.717) is 19.1 Å². The number of benzene rings is 1. The van der Waals surface area contributed by atoms with Gasteiger partial charge in [-0.05, 0) is 36.8 Å². The highest BCUT2D eigenvalue weighted by Gasteiger charge is 2.37. The lowest BCUT2D eigenvalue weighted by Gasteiger charge is -2.33. The minimum absolute atomic E-state index is 0.00327. The highest BCUT2D eigenvalue weighted by Crippen LogP contribution is 2.39. The van der Waals surface area contributed by atoms with Crippen LogP contribution < -0.4 is 10.2 Å². The van der Waals surface area contributed by atoms with Crippen molar-refractivity contribution in [2.24, 2.45) is 11.3 Å². The Bertz CT molecular complexity index is 620. The highest BCUT2D eigenvalue weighted by molar-refractivity contribution is 6.62. The molecule has 1 aromatic carbocycles. The molecule has 5 nitrogen and oxygen atoms in total. The standard InChI is InChI=1S/C19H27BO5/c1-19(2)11-24-20(25-12-19)16-10-14(7-8-17(16)22-3)13-5-6-15(9-13)18(21)23-4/h7-8,10,13,15H,5-6,9,11-12H2,1-4H3/t13-,15+/m1/s1. The molecule has 0 unspecified atom stereocenters. The van der Waals surface area contributed by atoms with E-state index < -0.39 is 7.12 Å². The normalized spacial score (nSPS) is 25.7. The van der Waals surface area contributed by atoms with E-state index in [4.69, 9.17) is 18.8 Å². The Balaban J connectivity index is 1.78. The molecular formula is C19H27BO5. The van der Waals surface area contributed by atoms with Crippen LogP contribution in [0.4, 0.5) is 0 Å². The number of hydrogen-bond donors (Lipinski definition) is 0. The first-order valence-corrected chi connectivity index (χ1v) is 8.92. The van der Waals surface area contributed by atoms with Gasteiger partial charge in [-0.15, -0.1) is 0 Å². The van der Waals surface area contributed by atoms with Crippen molar-refractivity contribution in [1.82, 2.24) is 0 Å². The van der Waals surface area contributed by atoms with Gasteiger partial charge in [0, 0.05) is 24.1 Å². The molecule has 1 aromatic rings. The molecule has 3 rings (SSSR count). The third-order valence-corrected chi connectivity index (χ3v) is 5.20. The van der Waals surface area contributed by atoms with Crippen LogP contribution in [-0.2, 0) is 18.8 Å². The van der Waals surface area contributed by atoms with Gasteiger partial charge >= 0.3 is 13.1 Å². The number of methoxy groups -OCH3 is 2. The predicted octanol–water partition coefficient (Wildman–Crippen LogP) is 2.52. The Kier molecular flexibility index (Phi) is 5.39. The summed E-state index contributed by atoms with van der Waals surface area (Å²) < 4.78 is 22.3. The molecular weight excluding hydrogens is 319 g/mol. The van der Waals surface area contributed by atoms with Gasteiger partial charge in [0.25, 0.3) is 0 Å². The molecule has 136 valence electrons. The zero-order valence-electron chi connectivity index (χ0n) is 15.5. The molecule has 6 heteroatoms. The van der Waals surface area contributed by atoms with Crippen molar-refractivity contribution in [3.05, 3.63) is 23.8 Å². The van der Waals surface area contributed by atoms with Crippen molar-refractivity contribution in [2.75, 3.05) is 27.4 Å². The largest absolute Gasteiger partial charge is 0.497 e. The number of ether oxygens (including phenoxy) is 2. The second-order valence-electron chi connectivity index (χ2n) is 7.85. The number of rotatable bonds is 4. The minimum atomic E-state index is -0.402. The average Bonchev–Trinajstić information content (AvgIpc) is 3.10. The van der Waals surface area contributed by atoms with Gasteiger partial charge in [-0.25, -0.2) is 0 Å². The Hall–Kier alpha value is -1.53. The van der Waals surface area contributed by atoms with Crippen molar-refractivity contribution in [3.8, 4) is 5.75 Å². The van der Waals surface area contributed by atoms with Gasteiger partial charge in [-0.1, -0.05) is 26.0 Å². The maximum atomic E-state index is 11.8. The van der Waals surface area contributed by atoms with Crippen LogP contribution >= 0.6 is 0 Å². The Labute approximate surface area is 150 Å². The summed E-state index contributed by atoms with van der Waals surface area (Å²) in [7, 11) is 2.72. The minimum Gasteiger partial charge on any atom is -0.497 e. The van der Waals surface area contributed by atoms with Crippen LogP contribution in [0.15, 0.2) is 18.2 Å². The smallest absolute Gasteiger partial charge is 0.497 e. The van der Waals surface area contributed by atoms with E-state index in [9.17, 15) is 4.79 Å². The van der Waals surface area contributed by atoms with E-state index in [1.807, 2.05) is 6.07 Å². The van der Waals surface area contributed by atoms with Crippen molar-refractivity contribution >= 4 is 18.6 Å². The maximum absolute atomic E-state index is 11.8. The molecule has 1 aliphatic carbocycles. The summed E-state index contributed by atoms with van der Waals surface area (Å²) in [5, 5.41) is 0. The third-order valence-electron chi connectivity index (χ3n) is 5.20. The van der Waals surface area contributed by atoms with Crippen LogP contribution in [0.25, 0.3) is 0 Å². The van der Waals surface area contributed by atoms with Gasteiger partial charge in [0.1, 0.15) is 5.75 Å². The summed E-state index contributed by atoms with van der Waals surface area (Å²) in [5.41, 5.74) is 2.16. The monoisotopic (exact) mass is 346 g/mol. The molecule has 1 saturated carbocycles. The van der Waals surface area contributed by atoms with Crippen molar-refractivity contribution in [2.45, 2.75) is 39.0 Å². The topological polar surface area (TPSA) is 54.0 Å². The second-order valence-corrected chi connectivity index (χ2v) is 7.85. The lowest BCUT2D eigenvalue weighted by atomic mass is 9.74. The van der Waals surface area contributed by atoms with E-state index in [1.165, 1.54) is 12.7 Å². The zero-order valence-corrected chi connectivity index (χ0v) is 15.5. The van der Waals surface area contributed by atoms with E-state index in [-0.39, 0.29) is 17.3 Å². The maximum Gasteiger partial charge on any atom is 0.497 e. The van der Waals surface area contributed by atoms with Crippen molar-refractivity contribution in [1.29, 1.82) is 0 Å². The van der Waals surface area contributed by atoms with Gasteiger partial charge in [-0.2, -0.15) is 0 Å². The molecule has 0 spiro atoms. The number of esters is 1. The molecule has 0 aromatic heterocycles. The van der Waals surface area contributed by atoms with E-state index >= 15 is 0 Å². The number of carbonyl (C=O) groups excluding carboxylic acids is 1. The second kappa shape index (κ2) is 7.38. The summed E-state index contributed by atoms with van der Waals surface area (Å²) >= 11 is 0. The lowest BCUT2D eigenvalue weighted by Crippen LogP contribution is -2.47. The van der Waals surface area contributed by atoms with E-state index in [0.717, 1.165) is 30.5 Å². The molecule has 1 saturated heterocycles. The molecule has 0 N–H and O–H groups in total. The number of carbonyl (C=O) groups is 1. The molecule has 1 aliphatic heterocycles. The van der Waals surface area contributed by atoms with E-state index in [2.05, 4.69) is 26.0 Å². The van der Waals surface area contributed by atoms with Crippen molar-refractivity contribution < 1.29 is 23.6 Å². The highest BCUT2D eigenvalue weighted by atomic mass is 16.6. The zero-order chi connectivity index (χ0) is 18.0. The Morgan fingerprint density at radius 2 is 1.92 bits per heavy atom. The van der Waals surface area contributed by atoms with E-state index in [1.54, 1.807) is 7.11 Å². The molecule has 1 heterocycles. The number of hydrogen-bond acceptors (Lipinski definition) is 5. The van der Waals surface area contributed by atoms with Gasteiger partial charge < -0.3 is 18.8 Å². The van der Waals surface area contributed by atoms with Gasteiger partial charge in [0.2, 0.25) is 0 Å². The van der Waals surface area contributed by atoms with Crippen molar-refractivity contribution in [3.63, 3.8) is 0 Å². The van der Waals surface area contributed by atoms with Crippen LogP contribution in [0.3, 0.4) is 0 Å². The first-order chi connectivity index (χ1) is 11.9. The summed E-state index contributed by atoms with van der Waals surface area (Å²) in [6, 6.07) is 6.17. The average molecular weight is 346 g/mol. The molecule has 2 fully saturated rings. The summed E-state index contributed by atoms with van der Waals surface area (Å²) in [6.45, 7) is 5.56. The predicted molar refractivity (Wildman–Crippen MR) is 96.2 cm³/mol. The van der Waals surface area contributed by atoms with Gasteiger partial charge in [0.15, 0.2) is 0 Å². The summed E-state index contributed by atoms with van der Waals surface area (Å²) in [4.78, 5) is 11.8. The Morgan fingerprint density at radius 3 is 2.56 bits per heavy atom.